The van der Waals surface area contributed by atoms with Gasteiger partial charge < -0.3 is 15.6 Å². The largest absolute Gasteiger partial charge is 0.490 e. The molecule has 0 unspecified atom stereocenters. The summed E-state index contributed by atoms with van der Waals surface area (Å²) in [6.07, 6.45) is 0.00476. The van der Waals surface area contributed by atoms with Crippen LogP contribution in [0.25, 0.3) is 0 Å². The number of carboxylic acid groups (broad SMARTS) is 1. The molecule has 1 aliphatic heterocycles. The third kappa shape index (κ3) is 1.64. The van der Waals surface area contributed by atoms with E-state index < -0.39 is 11.5 Å². The fraction of sp³-hybridized carbons (Fsp3) is 0.364. The predicted molar refractivity (Wildman–Crippen MR) is 59.7 cm³/mol. The average Bonchev–Trinajstić information content (AvgIpc) is 2.19. The van der Waals surface area contributed by atoms with E-state index in [1.807, 2.05) is 0 Å². The first kappa shape index (κ1) is 11.2. The molecule has 0 aliphatic carbocycles. The van der Waals surface area contributed by atoms with Crippen LogP contribution >= 0.6 is 11.6 Å². The van der Waals surface area contributed by atoms with E-state index in [-0.39, 0.29) is 12.5 Å². The standard InChI is InChI=1S/C11H12ClNO3/c1-6-5-11(13,10(14)15)8-4-7(12)2-3-9(8)16-6/h2-4,6H,5,13H2,1H3,(H,14,15)/t6-,11-/m0/s1. The Morgan fingerprint density at radius 1 is 1.69 bits per heavy atom. The van der Waals surface area contributed by atoms with Crippen molar-refractivity contribution >= 4 is 17.6 Å². The summed E-state index contributed by atoms with van der Waals surface area (Å²) in [5.41, 5.74) is 4.95. The second-order valence-electron chi connectivity index (χ2n) is 4.05. The van der Waals surface area contributed by atoms with Crippen molar-refractivity contribution in [3.05, 3.63) is 28.8 Å². The molecule has 3 N–H and O–H groups in total. The molecule has 1 aromatic carbocycles. The first-order valence-corrected chi connectivity index (χ1v) is 5.30. The molecule has 0 saturated carbocycles. The number of carboxylic acids is 1. The number of fused-ring (bicyclic) bond motifs is 1. The van der Waals surface area contributed by atoms with E-state index >= 15 is 0 Å². The maximum absolute atomic E-state index is 11.3. The van der Waals surface area contributed by atoms with Crippen molar-refractivity contribution in [2.24, 2.45) is 5.73 Å². The van der Waals surface area contributed by atoms with Crippen LogP contribution in [0.15, 0.2) is 18.2 Å². The molecule has 0 radical (unpaired) electrons. The normalized spacial score (nSPS) is 28.1. The Kier molecular flexibility index (Phi) is 2.56. The number of hydrogen-bond donors (Lipinski definition) is 2. The van der Waals surface area contributed by atoms with Gasteiger partial charge in [-0.2, -0.15) is 0 Å². The molecule has 0 bridgehead atoms. The Hall–Kier alpha value is -1.26. The van der Waals surface area contributed by atoms with E-state index in [0.717, 1.165) is 0 Å². The number of aliphatic carboxylic acids is 1. The number of rotatable bonds is 1. The summed E-state index contributed by atoms with van der Waals surface area (Å²) in [4.78, 5) is 11.3. The van der Waals surface area contributed by atoms with Gasteiger partial charge in [0.05, 0.1) is 6.10 Å². The minimum absolute atomic E-state index is 0.227. The van der Waals surface area contributed by atoms with E-state index in [4.69, 9.17) is 22.1 Å². The fourth-order valence-corrected chi connectivity index (χ4v) is 2.15. The van der Waals surface area contributed by atoms with Gasteiger partial charge in [-0.3, -0.25) is 0 Å². The second-order valence-corrected chi connectivity index (χ2v) is 4.49. The number of nitrogens with two attached hydrogens (primary N) is 1. The molecule has 0 saturated heterocycles. The highest BCUT2D eigenvalue weighted by atomic mass is 35.5. The molecule has 16 heavy (non-hydrogen) atoms. The van der Waals surface area contributed by atoms with Crippen molar-refractivity contribution in [1.29, 1.82) is 0 Å². The van der Waals surface area contributed by atoms with Gasteiger partial charge in [0.25, 0.3) is 0 Å². The quantitative estimate of drug-likeness (QED) is 0.786. The number of ether oxygens (including phenoxy) is 1. The van der Waals surface area contributed by atoms with Gasteiger partial charge in [0.2, 0.25) is 0 Å². The van der Waals surface area contributed by atoms with Crippen LogP contribution in [0.3, 0.4) is 0 Å². The zero-order valence-electron chi connectivity index (χ0n) is 8.74. The molecule has 0 amide bonds. The molecule has 5 heteroatoms. The Morgan fingerprint density at radius 2 is 2.38 bits per heavy atom. The van der Waals surface area contributed by atoms with Gasteiger partial charge in [0, 0.05) is 17.0 Å². The molecule has 1 aliphatic rings. The van der Waals surface area contributed by atoms with Crippen LogP contribution in [-0.2, 0) is 10.3 Å². The maximum atomic E-state index is 11.3. The third-order valence-corrected chi connectivity index (χ3v) is 2.98. The van der Waals surface area contributed by atoms with E-state index in [9.17, 15) is 9.90 Å². The van der Waals surface area contributed by atoms with Crippen LogP contribution in [-0.4, -0.2) is 17.2 Å². The Labute approximate surface area is 98.0 Å². The fourth-order valence-electron chi connectivity index (χ4n) is 1.98. The molecule has 0 spiro atoms. The molecule has 1 aromatic rings. The van der Waals surface area contributed by atoms with Crippen molar-refractivity contribution in [3.63, 3.8) is 0 Å². The number of halogens is 1. The molecule has 0 aromatic heterocycles. The molecule has 2 atom stereocenters. The lowest BCUT2D eigenvalue weighted by molar-refractivity contribution is -0.145. The lowest BCUT2D eigenvalue weighted by Gasteiger charge is -2.35. The zero-order valence-corrected chi connectivity index (χ0v) is 9.49. The topological polar surface area (TPSA) is 72.6 Å². The summed E-state index contributed by atoms with van der Waals surface area (Å²) in [7, 11) is 0. The monoisotopic (exact) mass is 241 g/mol. The Bertz CT molecular complexity index is 449. The summed E-state index contributed by atoms with van der Waals surface area (Å²) in [5.74, 6) is -0.570. The molecule has 4 nitrogen and oxygen atoms in total. The molecule has 2 rings (SSSR count). The molecular formula is C11H12ClNO3. The molecular weight excluding hydrogens is 230 g/mol. The summed E-state index contributed by atoms with van der Waals surface area (Å²) in [6.45, 7) is 1.79. The van der Waals surface area contributed by atoms with Crippen LogP contribution in [0.4, 0.5) is 0 Å². The smallest absolute Gasteiger partial charge is 0.328 e. The van der Waals surface area contributed by atoms with E-state index in [0.29, 0.717) is 16.3 Å². The summed E-state index contributed by atoms with van der Waals surface area (Å²) in [6, 6.07) is 4.86. The van der Waals surface area contributed by atoms with Gasteiger partial charge in [-0.25, -0.2) is 4.79 Å². The van der Waals surface area contributed by atoms with Crippen molar-refractivity contribution in [2.75, 3.05) is 0 Å². The van der Waals surface area contributed by atoms with Gasteiger partial charge in [0.15, 0.2) is 0 Å². The first-order valence-electron chi connectivity index (χ1n) is 4.92. The third-order valence-electron chi connectivity index (χ3n) is 2.74. The minimum Gasteiger partial charge on any atom is -0.490 e. The number of carbonyl (C=O) groups is 1. The van der Waals surface area contributed by atoms with Gasteiger partial charge in [-0.15, -0.1) is 0 Å². The highest BCUT2D eigenvalue weighted by molar-refractivity contribution is 6.30. The van der Waals surface area contributed by atoms with Crippen molar-refractivity contribution in [3.8, 4) is 5.75 Å². The van der Waals surface area contributed by atoms with Gasteiger partial charge in [0.1, 0.15) is 11.3 Å². The lowest BCUT2D eigenvalue weighted by Crippen LogP contribution is -2.50. The summed E-state index contributed by atoms with van der Waals surface area (Å²) in [5, 5.41) is 9.68. The highest BCUT2D eigenvalue weighted by Gasteiger charge is 2.43. The van der Waals surface area contributed by atoms with Crippen LogP contribution in [0.2, 0.25) is 5.02 Å². The molecule has 0 fully saturated rings. The molecule has 1 heterocycles. The highest BCUT2D eigenvalue weighted by Crippen LogP contribution is 2.39. The van der Waals surface area contributed by atoms with Crippen LogP contribution in [0.1, 0.15) is 18.9 Å². The van der Waals surface area contributed by atoms with Crippen molar-refractivity contribution in [2.45, 2.75) is 25.0 Å². The summed E-state index contributed by atoms with van der Waals surface area (Å²) >= 11 is 5.84. The van der Waals surface area contributed by atoms with Crippen LogP contribution in [0, 0.1) is 0 Å². The number of benzene rings is 1. The van der Waals surface area contributed by atoms with Crippen LogP contribution < -0.4 is 10.5 Å². The van der Waals surface area contributed by atoms with Crippen molar-refractivity contribution < 1.29 is 14.6 Å². The summed E-state index contributed by atoms with van der Waals surface area (Å²) < 4.78 is 5.53. The van der Waals surface area contributed by atoms with Crippen molar-refractivity contribution in [1.82, 2.24) is 0 Å². The van der Waals surface area contributed by atoms with E-state index in [1.165, 1.54) is 0 Å². The predicted octanol–water partition coefficient (Wildman–Crippen LogP) is 1.75. The first-order chi connectivity index (χ1) is 7.43. The zero-order chi connectivity index (χ0) is 11.9. The molecule has 86 valence electrons. The maximum Gasteiger partial charge on any atom is 0.328 e. The Morgan fingerprint density at radius 3 is 3.00 bits per heavy atom. The van der Waals surface area contributed by atoms with Crippen LogP contribution in [0.5, 0.6) is 5.75 Å². The van der Waals surface area contributed by atoms with Gasteiger partial charge in [-0.1, -0.05) is 11.6 Å². The Balaban J connectivity index is 2.60. The lowest BCUT2D eigenvalue weighted by atomic mass is 9.83. The average molecular weight is 242 g/mol. The van der Waals surface area contributed by atoms with E-state index in [1.54, 1.807) is 25.1 Å². The second kappa shape index (κ2) is 3.64. The number of hydrogen-bond acceptors (Lipinski definition) is 3. The SMILES string of the molecule is C[C@H]1C[C@@](N)(C(=O)O)c2cc(Cl)ccc2O1. The van der Waals surface area contributed by atoms with Gasteiger partial charge in [-0.05, 0) is 25.1 Å². The van der Waals surface area contributed by atoms with Gasteiger partial charge >= 0.3 is 5.97 Å². The van der Waals surface area contributed by atoms with E-state index in [2.05, 4.69) is 0 Å². The minimum atomic E-state index is -1.42.